The third-order valence-electron chi connectivity index (χ3n) is 0.466. The normalized spacial score (nSPS) is 11.0. The number of nitriles is 1. The van der Waals surface area contributed by atoms with Gasteiger partial charge in [0.05, 0.1) is 0 Å². The van der Waals surface area contributed by atoms with Gasteiger partial charge in [-0.15, -0.1) is 0 Å². The second-order valence-electron chi connectivity index (χ2n) is 1.01. The van der Waals surface area contributed by atoms with Crippen LogP contribution in [0.1, 0.15) is 6.92 Å². The van der Waals surface area contributed by atoms with Gasteiger partial charge in [-0.1, -0.05) is 0 Å². The van der Waals surface area contributed by atoms with Crippen LogP contribution in [0, 0.1) is 11.5 Å². The zero-order chi connectivity index (χ0) is 6.41. The molecule has 0 amide bonds. The highest BCUT2D eigenvalue weighted by molar-refractivity contribution is 5.37. The van der Waals surface area contributed by atoms with Gasteiger partial charge in [-0.25, -0.2) is 0 Å². The fourth-order valence-corrected chi connectivity index (χ4v) is 0.180. The van der Waals surface area contributed by atoms with Gasteiger partial charge < -0.3 is 9.47 Å². The maximum Gasteiger partial charge on any atom is 0.296 e. The molecule has 0 N–H and O–H groups in total. The van der Waals surface area contributed by atoms with Crippen LogP contribution >= 0.6 is 0 Å². The van der Waals surface area contributed by atoms with E-state index in [-0.39, 0.29) is 6.47 Å². The van der Waals surface area contributed by atoms with Crippen LogP contribution in [0.3, 0.4) is 0 Å². The molecule has 0 rings (SSSR count). The van der Waals surface area contributed by atoms with Crippen molar-refractivity contribution in [3.8, 4) is 6.26 Å². The Labute approximate surface area is 46.6 Å². The summed E-state index contributed by atoms with van der Waals surface area (Å²) in [6.07, 6.45) is 0.602. The molecular formula is C4H5NO3. The molecular weight excluding hydrogens is 110 g/mol. The van der Waals surface area contributed by atoms with E-state index in [0.29, 0.717) is 0 Å². The number of hydrogen-bond donors (Lipinski definition) is 0. The van der Waals surface area contributed by atoms with Crippen molar-refractivity contribution < 1.29 is 14.3 Å². The summed E-state index contributed by atoms with van der Waals surface area (Å²) in [6, 6.07) is 0. The SMILES string of the molecule is CC(OC#N)OC=O. The summed E-state index contributed by atoms with van der Waals surface area (Å²) in [5.41, 5.74) is 0. The third-order valence-corrected chi connectivity index (χ3v) is 0.466. The van der Waals surface area contributed by atoms with Gasteiger partial charge in [0.1, 0.15) is 0 Å². The number of ether oxygens (including phenoxy) is 2. The summed E-state index contributed by atoms with van der Waals surface area (Å²) in [5.74, 6) is 0. The Morgan fingerprint density at radius 3 is 2.88 bits per heavy atom. The number of rotatable bonds is 3. The van der Waals surface area contributed by atoms with Crippen molar-refractivity contribution in [3.63, 3.8) is 0 Å². The Morgan fingerprint density at radius 1 is 1.88 bits per heavy atom. The first-order valence-electron chi connectivity index (χ1n) is 1.95. The van der Waals surface area contributed by atoms with Gasteiger partial charge in [0, 0.05) is 6.92 Å². The monoisotopic (exact) mass is 115 g/mol. The standard InChI is InChI=1S/C4H5NO3/c1-4(7-2-5)8-3-6/h3-4H,1H3. The van der Waals surface area contributed by atoms with E-state index in [4.69, 9.17) is 5.26 Å². The van der Waals surface area contributed by atoms with Gasteiger partial charge in [0.15, 0.2) is 0 Å². The van der Waals surface area contributed by atoms with Crippen LogP contribution in [0.25, 0.3) is 0 Å². The van der Waals surface area contributed by atoms with Gasteiger partial charge in [-0.05, 0) is 0 Å². The zero-order valence-corrected chi connectivity index (χ0v) is 4.33. The van der Waals surface area contributed by atoms with Gasteiger partial charge >= 0.3 is 0 Å². The number of carbonyl (C=O) groups is 1. The first-order valence-corrected chi connectivity index (χ1v) is 1.95. The van der Waals surface area contributed by atoms with E-state index in [1.165, 1.54) is 13.2 Å². The van der Waals surface area contributed by atoms with Crippen molar-refractivity contribution in [1.82, 2.24) is 0 Å². The minimum absolute atomic E-state index is 0.224. The molecule has 4 heteroatoms. The fraction of sp³-hybridized carbons (Fsp3) is 0.500. The lowest BCUT2D eigenvalue weighted by Crippen LogP contribution is -2.07. The smallest absolute Gasteiger partial charge is 0.296 e. The van der Waals surface area contributed by atoms with Crippen molar-refractivity contribution in [2.45, 2.75) is 13.2 Å². The number of carbonyl (C=O) groups excluding carboxylic acids is 1. The lowest BCUT2D eigenvalue weighted by Gasteiger charge is -2.01. The minimum atomic E-state index is -0.766. The van der Waals surface area contributed by atoms with Crippen molar-refractivity contribution in [2.24, 2.45) is 0 Å². The molecule has 0 aromatic heterocycles. The van der Waals surface area contributed by atoms with E-state index in [9.17, 15) is 4.79 Å². The predicted molar refractivity (Wildman–Crippen MR) is 23.3 cm³/mol. The number of nitrogens with zero attached hydrogens (tertiary/aromatic N) is 1. The minimum Gasteiger partial charge on any atom is -0.427 e. The third kappa shape index (κ3) is 2.97. The molecule has 0 aliphatic rings. The topological polar surface area (TPSA) is 59.3 Å². The van der Waals surface area contributed by atoms with E-state index in [1.54, 1.807) is 0 Å². The second-order valence-corrected chi connectivity index (χ2v) is 1.01. The van der Waals surface area contributed by atoms with Crippen LogP contribution in [-0.2, 0) is 14.3 Å². The fourth-order valence-electron chi connectivity index (χ4n) is 0.180. The largest absolute Gasteiger partial charge is 0.427 e. The summed E-state index contributed by atoms with van der Waals surface area (Å²) in [7, 11) is 0. The molecule has 0 radical (unpaired) electrons. The zero-order valence-electron chi connectivity index (χ0n) is 4.33. The lowest BCUT2D eigenvalue weighted by atomic mass is 10.8. The first-order chi connectivity index (χ1) is 3.81. The first kappa shape index (κ1) is 6.76. The van der Waals surface area contributed by atoms with Gasteiger partial charge in [-0.2, -0.15) is 5.26 Å². The van der Waals surface area contributed by atoms with Crippen LogP contribution < -0.4 is 0 Å². The van der Waals surface area contributed by atoms with Crippen molar-refractivity contribution >= 4 is 6.47 Å². The molecule has 1 atom stereocenters. The molecule has 0 saturated heterocycles. The highest BCUT2D eigenvalue weighted by Crippen LogP contribution is 1.86. The molecule has 0 bridgehead atoms. The van der Waals surface area contributed by atoms with Gasteiger partial charge in [0.25, 0.3) is 19.0 Å². The molecule has 1 unspecified atom stereocenters. The van der Waals surface area contributed by atoms with E-state index in [0.717, 1.165) is 0 Å². The second kappa shape index (κ2) is 3.93. The Hall–Kier alpha value is -1.24. The van der Waals surface area contributed by atoms with Crippen LogP contribution in [0.15, 0.2) is 0 Å². The summed E-state index contributed by atoms with van der Waals surface area (Å²) in [5, 5.41) is 7.80. The molecule has 0 spiro atoms. The Kier molecular flexibility index (Phi) is 3.32. The molecule has 0 aromatic rings. The molecule has 44 valence electrons. The predicted octanol–water partition coefficient (Wildman–Crippen LogP) is 0.00308. The summed E-state index contributed by atoms with van der Waals surface area (Å²) >= 11 is 0. The maximum atomic E-state index is 9.48. The lowest BCUT2D eigenvalue weighted by molar-refractivity contribution is -0.148. The highest BCUT2D eigenvalue weighted by Gasteiger charge is 1.96. The van der Waals surface area contributed by atoms with Gasteiger partial charge in [-0.3, -0.25) is 4.79 Å². The molecule has 0 aliphatic carbocycles. The molecule has 0 fully saturated rings. The van der Waals surface area contributed by atoms with Crippen LogP contribution in [0.5, 0.6) is 0 Å². The van der Waals surface area contributed by atoms with Crippen LogP contribution in [0.4, 0.5) is 0 Å². The summed E-state index contributed by atoms with van der Waals surface area (Å²) in [6.45, 7) is 1.67. The highest BCUT2D eigenvalue weighted by atomic mass is 16.7. The summed E-state index contributed by atoms with van der Waals surface area (Å²) < 4.78 is 8.29. The van der Waals surface area contributed by atoms with E-state index >= 15 is 0 Å². The molecule has 0 aromatic carbocycles. The van der Waals surface area contributed by atoms with E-state index in [2.05, 4.69) is 9.47 Å². The molecule has 0 saturated carbocycles. The molecule has 4 nitrogen and oxygen atoms in total. The average molecular weight is 115 g/mol. The number of hydrogen-bond acceptors (Lipinski definition) is 4. The van der Waals surface area contributed by atoms with Crippen molar-refractivity contribution in [1.29, 1.82) is 5.26 Å². The molecule has 0 aliphatic heterocycles. The average Bonchev–Trinajstić information content (AvgIpc) is 1.68. The Bertz CT molecular complexity index is 106. The van der Waals surface area contributed by atoms with Crippen LogP contribution in [-0.4, -0.2) is 12.8 Å². The Balaban J connectivity index is 3.20. The van der Waals surface area contributed by atoms with E-state index in [1.807, 2.05) is 0 Å². The van der Waals surface area contributed by atoms with Crippen molar-refractivity contribution in [2.75, 3.05) is 0 Å². The molecule has 0 heterocycles. The maximum absolute atomic E-state index is 9.48. The quantitative estimate of drug-likeness (QED) is 0.295. The van der Waals surface area contributed by atoms with Crippen LogP contribution in [0.2, 0.25) is 0 Å². The van der Waals surface area contributed by atoms with Gasteiger partial charge in [0.2, 0.25) is 0 Å². The van der Waals surface area contributed by atoms with Crippen molar-refractivity contribution in [3.05, 3.63) is 0 Å². The van der Waals surface area contributed by atoms with E-state index < -0.39 is 6.29 Å². The summed E-state index contributed by atoms with van der Waals surface area (Å²) in [4.78, 5) is 9.48. The molecule has 8 heavy (non-hydrogen) atoms. The Morgan fingerprint density at radius 2 is 2.50 bits per heavy atom.